The molecule has 0 radical (unpaired) electrons. The molecule has 1 N–H and O–H groups in total. The quantitative estimate of drug-likeness (QED) is 0.449. The molecule has 0 bridgehead atoms. The lowest BCUT2D eigenvalue weighted by Gasteiger charge is -2.06. The van der Waals surface area contributed by atoms with Gasteiger partial charge in [-0.2, -0.15) is 0 Å². The van der Waals surface area contributed by atoms with Gasteiger partial charge in [-0.15, -0.1) is 11.3 Å². The summed E-state index contributed by atoms with van der Waals surface area (Å²) < 4.78 is 10.9. The predicted octanol–water partition coefficient (Wildman–Crippen LogP) is 5.36. The zero-order chi connectivity index (χ0) is 21.5. The number of rotatable bonds is 5. The van der Waals surface area contributed by atoms with Crippen LogP contribution in [0.4, 0.5) is 5.00 Å². The van der Waals surface area contributed by atoms with E-state index in [0.29, 0.717) is 16.0 Å². The van der Waals surface area contributed by atoms with Gasteiger partial charge in [0.15, 0.2) is 11.5 Å². The maximum Gasteiger partial charge on any atom is 0.341 e. The average Bonchev–Trinajstić information content (AvgIpc) is 3.13. The van der Waals surface area contributed by atoms with Crippen molar-refractivity contribution in [3.8, 4) is 0 Å². The maximum atomic E-state index is 13.0. The van der Waals surface area contributed by atoms with E-state index in [1.165, 1.54) is 6.92 Å². The number of ether oxygens (including phenoxy) is 1. The zero-order valence-corrected chi connectivity index (χ0v) is 18.1. The first kappa shape index (κ1) is 20.8. The first-order valence-electron chi connectivity index (χ1n) is 9.28. The van der Waals surface area contributed by atoms with Crippen molar-refractivity contribution < 1.29 is 23.5 Å². The molecule has 2 aromatic heterocycles. The number of carbonyl (C=O) groups is 3. The highest BCUT2D eigenvalue weighted by atomic mass is 32.1. The van der Waals surface area contributed by atoms with Crippen LogP contribution in [-0.2, 0) is 4.74 Å². The van der Waals surface area contributed by atoms with Crippen LogP contribution in [0.2, 0.25) is 0 Å². The van der Waals surface area contributed by atoms with Gasteiger partial charge < -0.3 is 14.5 Å². The van der Waals surface area contributed by atoms with Crippen molar-refractivity contribution in [2.24, 2.45) is 0 Å². The molecule has 0 fully saturated rings. The molecule has 3 rings (SSSR count). The summed E-state index contributed by atoms with van der Waals surface area (Å²) in [7, 11) is 0. The van der Waals surface area contributed by atoms with Crippen molar-refractivity contribution in [2.75, 3.05) is 11.9 Å². The number of ketones is 1. The molecule has 3 aromatic rings. The molecule has 0 saturated carbocycles. The Morgan fingerprint density at radius 3 is 2.34 bits per heavy atom. The van der Waals surface area contributed by atoms with Gasteiger partial charge in [0.2, 0.25) is 0 Å². The lowest BCUT2D eigenvalue weighted by atomic mass is 10.0. The summed E-state index contributed by atoms with van der Waals surface area (Å²) in [6.07, 6.45) is 0. The summed E-state index contributed by atoms with van der Waals surface area (Å²) in [5.41, 5.74) is 4.24. The maximum absolute atomic E-state index is 13.0. The Labute approximate surface area is 172 Å². The Morgan fingerprint density at radius 1 is 1.07 bits per heavy atom. The Morgan fingerprint density at radius 2 is 1.72 bits per heavy atom. The summed E-state index contributed by atoms with van der Waals surface area (Å²) in [6, 6.07) is 3.90. The summed E-state index contributed by atoms with van der Waals surface area (Å²) in [5.74, 6) is -1.05. The van der Waals surface area contributed by atoms with Gasteiger partial charge in [0.05, 0.1) is 17.0 Å². The molecule has 0 spiro atoms. The van der Waals surface area contributed by atoms with Gasteiger partial charge in [-0.3, -0.25) is 9.59 Å². The number of nitrogens with one attached hydrogen (secondary N) is 1. The van der Waals surface area contributed by atoms with Crippen LogP contribution in [0.3, 0.4) is 0 Å². The van der Waals surface area contributed by atoms with Crippen molar-refractivity contribution in [1.82, 2.24) is 0 Å². The monoisotopic (exact) mass is 413 g/mol. The lowest BCUT2D eigenvalue weighted by molar-refractivity contribution is 0.0527. The van der Waals surface area contributed by atoms with E-state index in [1.807, 2.05) is 32.9 Å². The van der Waals surface area contributed by atoms with Crippen LogP contribution in [0, 0.1) is 27.7 Å². The summed E-state index contributed by atoms with van der Waals surface area (Å²) in [6.45, 7) is 10.8. The standard InChI is InChI=1S/C22H23NO5S/c1-7-27-22(26)17-13(5)19(14(6)24)29-21(17)23-20(25)18-12(4)15-8-10(2)11(3)9-16(15)28-18/h8-9H,7H2,1-6H3,(H,23,25). The molecule has 0 saturated heterocycles. The fourth-order valence-corrected chi connectivity index (χ4v) is 4.32. The molecular weight excluding hydrogens is 390 g/mol. The van der Waals surface area contributed by atoms with E-state index in [2.05, 4.69) is 5.32 Å². The Bertz CT molecular complexity index is 1150. The SMILES string of the molecule is CCOC(=O)c1c(NC(=O)c2oc3cc(C)c(C)cc3c2C)sc(C(C)=O)c1C. The van der Waals surface area contributed by atoms with Crippen LogP contribution in [0.5, 0.6) is 0 Å². The van der Waals surface area contributed by atoms with Gasteiger partial charge in [-0.25, -0.2) is 4.79 Å². The van der Waals surface area contributed by atoms with Crippen LogP contribution in [0.25, 0.3) is 11.0 Å². The van der Waals surface area contributed by atoms with Crippen LogP contribution in [-0.4, -0.2) is 24.3 Å². The number of hydrogen-bond acceptors (Lipinski definition) is 6. The number of carbonyl (C=O) groups excluding carboxylic acids is 3. The highest BCUT2D eigenvalue weighted by Crippen LogP contribution is 2.35. The second-order valence-electron chi connectivity index (χ2n) is 6.98. The third-order valence-corrected chi connectivity index (χ3v) is 6.24. The molecule has 152 valence electrons. The molecule has 6 nitrogen and oxygen atoms in total. The van der Waals surface area contributed by atoms with Gasteiger partial charge in [0.25, 0.3) is 5.91 Å². The normalized spacial score (nSPS) is 11.0. The molecule has 0 aliphatic rings. The number of furan rings is 1. The first-order valence-corrected chi connectivity index (χ1v) is 10.1. The number of thiophene rings is 1. The third kappa shape index (κ3) is 3.70. The minimum atomic E-state index is -0.573. The van der Waals surface area contributed by atoms with Crippen molar-refractivity contribution in [3.63, 3.8) is 0 Å². The summed E-state index contributed by atoms with van der Waals surface area (Å²) in [5, 5.41) is 3.90. The summed E-state index contributed by atoms with van der Waals surface area (Å²) >= 11 is 1.07. The molecule has 2 heterocycles. The van der Waals surface area contributed by atoms with Crippen LogP contribution in [0.1, 0.15) is 66.7 Å². The number of Topliss-reactive ketones (excluding diaryl/α,β-unsaturated/α-hetero) is 1. The van der Waals surface area contributed by atoms with Crippen LogP contribution >= 0.6 is 11.3 Å². The largest absolute Gasteiger partial charge is 0.462 e. The molecule has 0 unspecified atom stereocenters. The topological polar surface area (TPSA) is 85.6 Å². The van der Waals surface area contributed by atoms with Crippen molar-refractivity contribution in [3.05, 3.63) is 50.6 Å². The van der Waals surface area contributed by atoms with E-state index in [4.69, 9.17) is 9.15 Å². The van der Waals surface area contributed by atoms with Gasteiger partial charge >= 0.3 is 5.97 Å². The van der Waals surface area contributed by atoms with Gasteiger partial charge in [0.1, 0.15) is 10.6 Å². The van der Waals surface area contributed by atoms with E-state index in [0.717, 1.165) is 33.4 Å². The highest BCUT2D eigenvalue weighted by molar-refractivity contribution is 7.18. The fraction of sp³-hybridized carbons (Fsp3) is 0.318. The molecule has 1 aromatic carbocycles. The molecule has 29 heavy (non-hydrogen) atoms. The number of anilines is 1. The minimum Gasteiger partial charge on any atom is -0.462 e. The fourth-order valence-electron chi connectivity index (χ4n) is 3.24. The van der Waals surface area contributed by atoms with Gasteiger partial charge in [-0.1, -0.05) is 0 Å². The molecule has 7 heteroatoms. The average molecular weight is 413 g/mol. The van der Waals surface area contributed by atoms with E-state index < -0.39 is 11.9 Å². The second-order valence-corrected chi connectivity index (χ2v) is 8.00. The van der Waals surface area contributed by atoms with Gasteiger partial charge in [0, 0.05) is 10.9 Å². The molecular formula is C22H23NO5S. The van der Waals surface area contributed by atoms with E-state index >= 15 is 0 Å². The molecule has 0 aliphatic carbocycles. The van der Waals surface area contributed by atoms with E-state index in [1.54, 1.807) is 13.8 Å². The molecule has 0 atom stereocenters. The number of aryl methyl sites for hydroxylation is 3. The van der Waals surface area contributed by atoms with Crippen molar-refractivity contribution in [2.45, 2.75) is 41.5 Å². The smallest absolute Gasteiger partial charge is 0.341 e. The Balaban J connectivity index is 2.04. The van der Waals surface area contributed by atoms with E-state index in [9.17, 15) is 14.4 Å². The number of amides is 1. The third-order valence-electron chi connectivity index (χ3n) is 4.93. The Kier molecular flexibility index (Phi) is 5.61. The molecule has 0 aliphatic heterocycles. The molecule has 1 amide bonds. The number of hydrogen-bond donors (Lipinski definition) is 1. The van der Waals surface area contributed by atoms with Crippen LogP contribution < -0.4 is 5.32 Å². The number of esters is 1. The summed E-state index contributed by atoms with van der Waals surface area (Å²) in [4.78, 5) is 37.7. The Hall–Kier alpha value is -2.93. The number of benzene rings is 1. The van der Waals surface area contributed by atoms with Crippen molar-refractivity contribution in [1.29, 1.82) is 0 Å². The van der Waals surface area contributed by atoms with Gasteiger partial charge in [-0.05, 0) is 70.4 Å². The van der Waals surface area contributed by atoms with Crippen molar-refractivity contribution >= 4 is 45.0 Å². The lowest BCUT2D eigenvalue weighted by Crippen LogP contribution is -2.15. The van der Waals surface area contributed by atoms with Crippen LogP contribution in [0.15, 0.2) is 16.5 Å². The predicted molar refractivity (Wildman–Crippen MR) is 113 cm³/mol. The zero-order valence-electron chi connectivity index (χ0n) is 17.3. The first-order chi connectivity index (χ1) is 13.6. The number of fused-ring (bicyclic) bond motifs is 1. The minimum absolute atomic E-state index is 0.176. The van der Waals surface area contributed by atoms with E-state index in [-0.39, 0.29) is 28.7 Å². The highest BCUT2D eigenvalue weighted by Gasteiger charge is 2.27. The second kappa shape index (κ2) is 7.83.